The molecule has 0 spiro atoms. The molecule has 0 bridgehead atoms. The van der Waals surface area contributed by atoms with Crippen LogP contribution < -0.4 is 0 Å². The van der Waals surface area contributed by atoms with E-state index in [2.05, 4.69) is 4.74 Å². The third kappa shape index (κ3) is 3.07. The molecule has 0 radical (unpaired) electrons. The standard InChI is InChI=1S/C15H16O5/c1-20-14(18)8-13(17)15(19)11-3-2-10-7-12(16)5-4-9(10)6-11/h2-7,13,15-17,19H,8H2,1H3. The third-order valence-electron chi connectivity index (χ3n) is 3.16. The summed E-state index contributed by atoms with van der Waals surface area (Å²) in [6.45, 7) is 0. The van der Waals surface area contributed by atoms with Gasteiger partial charge in [0.1, 0.15) is 11.9 Å². The monoisotopic (exact) mass is 276 g/mol. The van der Waals surface area contributed by atoms with Gasteiger partial charge in [-0.05, 0) is 34.5 Å². The molecule has 2 unspecified atom stereocenters. The molecule has 0 heterocycles. The number of carbonyl (C=O) groups excluding carboxylic acids is 1. The number of phenolic OH excluding ortho intramolecular Hbond substituents is 1. The Morgan fingerprint density at radius 2 is 1.80 bits per heavy atom. The average molecular weight is 276 g/mol. The molecule has 0 amide bonds. The summed E-state index contributed by atoms with van der Waals surface area (Å²) in [7, 11) is 1.23. The summed E-state index contributed by atoms with van der Waals surface area (Å²) in [6, 6.07) is 9.96. The van der Waals surface area contributed by atoms with E-state index in [4.69, 9.17) is 0 Å². The second kappa shape index (κ2) is 5.90. The van der Waals surface area contributed by atoms with Crippen LogP contribution in [-0.4, -0.2) is 34.5 Å². The zero-order valence-corrected chi connectivity index (χ0v) is 11.0. The quantitative estimate of drug-likeness (QED) is 0.737. The van der Waals surface area contributed by atoms with Crippen LogP contribution >= 0.6 is 0 Å². The van der Waals surface area contributed by atoms with Crippen LogP contribution in [-0.2, 0) is 9.53 Å². The lowest BCUT2D eigenvalue weighted by atomic mass is 9.99. The Morgan fingerprint density at radius 3 is 2.50 bits per heavy atom. The van der Waals surface area contributed by atoms with Crippen molar-refractivity contribution in [2.24, 2.45) is 0 Å². The average Bonchev–Trinajstić information content (AvgIpc) is 2.45. The Hall–Kier alpha value is -2.11. The summed E-state index contributed by atoms with van der Waals surface area (Å²) in [5.41, 5.74) is 0.500. The van der Waals surface area contributed by atoms with Crippen molar-refractivity contribution in [3.05, 3.63) is 42.0 Å². The molecule has 2 aromatic carbocycles. The van der Waals surface area contributed by atoms with Gasteiger partial charge in [-0.25, -0.2) is 0 Å². The van der Waals surface area contributed by atoms with Gasteiger partial charge >= 0.3 is 5.97 Å². The van der Waals surface area contributed by atoms with Gasteiger partial charge in [0.05, 0.1) is 19.6 Å². The summed E-state index contributed by atoms with van der Waals surface area (Å²) < 4.78 is 4.45. The van der Waals surface area contributed by atoms with E-state index >= 15 is 0 Å². The molecule has 0 aliphatic heterocycles. The lowest BCUT2D eigenvalue weighted by molar-refractivity contribution is -0.144. The molecule has 5 heteroatoms. The van der Waals surface area contributed by atoms with Crippen molar-refractivity contribution in [1.29, 1.82) is 0 Å². The normalized spacial score (nSPS) is 13.9. The maximum Gasteiger partial charge on any atom is 0.308 e. The number of aliphatic hydroxyl groups excluding tert-OH is 2. The smallest absolute Gasteiger partial charge is 0.308 e. The highest BCUT2D eigenvalue weighted by molar-refractivity contribution is 5.84. The first-order valence-electron chi connectivity index (χ1n) is 6.17. The fraction of sp³-hybridized carbons (Fsp3) is 0.267. The first-order chi connectivity index (χ1) is 9.51. The van der Waals surface area contributed by atoms with Crippen molar-refractivity contribution < 1.29 is 24.9 Å². The number of hydrogen-bond donors (Lipinski definition) is 3. The number of esters is 1. The molecule has 2 atom stereocenters. The number of rotatable bonds is 4. The molecule has 2 rings (SSSR count). The molecule has 20 heavy (non-hydrogen) atoms. The third-order valence-corrected chi connectivity index (χ3v) is 3.16. The van der Waals surface area contributed by atoms with Gasteiger partial charge in [0, 0.05) is 0 Å². The zero-order valence-electron chi connectivity index (χ0n) is 11.0. The molecule has 2 aromatic rings. The van der Waals surface area contributed by atoms with Crippen molar-refractivity contribution in [2.75, 3.05) is 7.11 Å². The minimum absolute atomic E-state index is 0.163. The number of aliphatic hydroxyl groups is 2. The molecule has 0 aromatic heterocycles. The highest BCUT2D eigenvalue weighted by Gasteiger charge is 2.22. The number of phenols is 1. The Morgan fingerprint density at radius 1 is 1.15 bits per heavy atom. The number of ether oxygens (including phenoxy) is 1. The van der Waals surface area contributed by atoms with Crippen LogP contribution in [0.2, 0.25) is 0 Å². The van der Waals surface area contributed by atoms with Crippen molar-refractivity contribution >= 4 is 16.7 Å². The van der Waals surface area contributed by atoms with Crippen molar-refractivity contribution in [1.82, 2.24) is 0 Å². The van der Waals surface area contributed by atoms with Crippen molar-refractivity contribution in [3.8, 4) is 5.75 Å². The largest absolute Gasteiger partial charge is 0.508 e. The predicted molar refractivity (Wildman–Crippen MR) is 73.2 cm³/mol. The summed E-state index contributed by atoms with van der Waals surface area (Å²) in [6.07, 6.45) is -2.67. The molecule has 0 fully saturated rings. The molecular formula is C15H16O5. The zero-order chi connectivity index (χ0) is 14.7. The van der Waals surface area contributed by atoms with Crippen LogP contribution in [0.25, 0.3) is 10.8 Å². The van der Waals surface area contributed by atoms with Gasteiger partial charge in [0.15, 0.2) is 0 Å². The van der Waals surface area contributed by atoms with Crippen LogP contribution in [0.3, 0.4) is 0 Å². The van der Waals surface area contributed by atoms with Crippen LogP contribution in [0, 0.1) is 0 Å². The maximum absolute atomic E-state index is 11.1. The predicted octanol–water partition coefficient (Wildman–Crippen LogP) is 1.50. The first-order valence-corrected chi connectivity index (χ1v) is 6.17. The summed E-state index contributed by atoms with van der Waals surface area (Å²) in [4.78, 5) is 11.1. The molecule has 0 saturated heterocycles. The second-order valence-electron chi connectivity index (χ2n) is 4.58. The molecule has 0 saturated carbocycles. The van der Waals surface area contributed by atoms with Crippen molar-refractivity contribution in [2.45, 2.75) is 18.6 Å². The summed E-state index contributed by atoms with van der Waals surface area (Å²) >= 11 is 0. The lowest BCUT2D eigenvalue weighted by Crippen LogP contribution is -2.22. The summed E-state index contributed by atoms with van der Waals surface area (Å²) in [5, 5.41) is 30.9. The number of benzene rings is 2. The van der Waals surface area contributed by atoms with Gasteiger partial charge in [0.2, 0.25) is 0 Å². The molecule has 3 N–H and O–H groups in total. The fourth-order valence-electron chi connectivity index (χ4n) is 2.02. The highest BCUT2D eigenvalue weighted by atomic mass is 16.5. The number of aromatic hydroxyl groups is 1. The van der Waals surface area contributed by atoms with E-state index < -0.39 is 18.2 Å². The lowest BCUT2D eigenvalue weighted by Gasteiger charge is -2.17. The number of fused-ring (bicyclic) bond motifs is 1. The first kappa shape index (κ1) is 14.3. The number of methoxy groups -OCH3 is 1. The minimum Gasteiger partial charge on any atom is -0.508 e. The topological polar surface area (TPSA) is 87.0 Å². The fourth-order valence-corrected chi connectivity index (χ4v) is 2.02. The van der Waals surface area contributed by atoms with E-state index in [0.29, 0.717) is 5.56 Å². The Kier molecular flexibility index (Phi) is 4.22. The second-order valence-corrected chi connectivity index (χ2v) is 4.58. The molecule has 0 aliphatic rings. The Balaban J connectivity index is 2.23. The van der Waals surface area contributed by atoms with E-state index in [-0.39, 0.29) is 12.2 Å². The van der Waals surface area contributed by atoms with Crippen LogP contribution in [0.5, 0.6) is 5.75 Å². The molecule has 106 valence electrons. The number of carbonyl (C=O) groups is 1. The van der Waals surface area contributed by atoms with Gasteiger partial charge in [-0.2, -0.15) is 0 Å². The van der Waals surface area contributed by atoms with Crippen LogP contribution in [0.1, 0.15) is 18.1 Å². The van der Waals surface area contributed by atoms with E-state index in [1.165, 1.54) is 7.11 Å². The van der Waals surface area contributed by atoms with Gasteiger partial charge in [0.25, 0.3) is 0 Å². The van der Waals surface area contributed by atoms with Gasteiger partial charge in [-0.15, -0.1) is 0 Å². The highest BCUT2D eigenvalue weighted by Crippen LogP contribution is 2.26. The Labute approximate surface area is 116 Å². The van der Waals surface area contributed by atoms with Crippen LogP contribution in [0.15, 0.2) is 36.4 Å². The molecular weight excluding hydrogens is 260 g/mol. The Bertz CT molecular complexity index is 623. The van der Waals surface area contributed by atoms with Gasteiger partial charge in [-0.3, -0.25) is 4.79 Å². The van der Waals surface area contributed by atoms with E-state index in [0.717, 1.165) is 10.8 Å². The maximum atomic E-state index is 11.1. The van der Waals surface area contributed by atoms with E-state index in [1.54, 1.807) is 36.4 Å². The molecule has 5 nitrogen and oxygen atoms in total. The summed E-state index contributed by atoms with van der Waals surface area (Å²) in [5.74, 6) is -0.418. The van der Waals surface area contributed by atoms with Crippen molar-refractivity contribution in [3.63, 3.8) is 0 Å². The minimum atomic E-state index is -1.22. The van der Waals surface area contributed by atoms with Crippen LogP contribution in [0.4, 0.5) is 0 Å². The van der Waals surface area contributed by atoms with E-state index in [9.17, 15) is 20.1 Å². The molecule has 0 aliphatic carbocycles. The van der Waals surface area contributed by atoms with Gasteiger partial charge < -0.3 is 20.1 Å². The van der Waals surface area contributed by atoms with Gasteiger partial charge in [-0.1, -0.05) is 18.2 Å². The number of hydrogen-bond acceptors (Lipinski definition) is 5. The van der Waals surface area contributed by atoms with E-state index in [1.807, 2.05) is 0 Å². The SMILES string of the molecule is COC(=O)CC(O)C(O)c1ccc2cc(O)ccc2c1.